The Morgan fingerprint density at radius 3 is 2.88 bits per heavy atom. The first-order valence-corrected chi connectivity index (χ1v) is 6.21. The van der Waals surface area contributed by atoms with Crippen molar-refractivity contribution in [2.24, 2.45) is 0 Å². The first-order valence-electron chi connectivity index (χ1n) is 6.21. The van der Waals surface area contributed by atoms with Gasteiger partial charge in [-0.05, 0) is 37.0 Å². The van der Waals surface area contributed by atoms with E-state index in [1.807, 2.05) is 12.1 Å². The van der Waals surface area contributed by atoms with Crippen molar-refractivity contribution in [2.45, 2.75) is 38.0 Å². The Morgan fingerprint density at radius 2 is 2.18 bits per heavy atom. The smallest absolute Gasteiger partial charge is 0.119 e. The topological polar surface area (TPSA) is 30.5 Å². The maximum atomic E-state index is 5.37. The van der Waals surface area contributed by atoms with Gasteiger partial charge in [-0.3, -0.25) is 0 Å². The first kappa shape index (κ1) is 12.4. The van der Waals surface area contributed by atoms with E-state index in [1.165, 1.54) is 18.4 Å². The zero-order valence-corrected chi connectivity index (χ0v) is 10.6. The molecule has 3 heteroatoms. The normalized spacial score (nSPS) is 23.9. The van der Waals surface area contributed by atoms with Gasteiger partial charge in [0, 0.05) is 19.7 Å². The van der Waals surface area contributed by atoms with E-state index < -0.39 is 0 Å². The van der Waals surface area contributed by atoms with Crippen LogP contribution in [0.2, 0.25) is 0 Å². The fraction of sp³-hybridized carbons (Fsp3) is 0.571. The Morgan fingerprint density at radius 1 is 1.29 bits per heavy atom. The molecule has 0 radical (unpaired) electrons. The van der Waals surface area contributed by atoms with E-state index in [0.717, 1.165) is 18.7 Å². The molecule has 1 fully saturated rings. The molecule has 2 unspecified atom stereocenters. The maximum absolute atomic E-state index is 5.37. The van der Waals surface area contributed by atoms with Gasteiger partial charge in [0.1, 0.15) is 5.75 Å². The predicted octanol–water partition coefficient (Wildman–Crippen LogP) is 2.35. The van der Waals surface area contributed by atoms with Crippen molar-refractivity contribution in [3.8, 4) is 5.75 Å². The lowest BCUT2D eigenvalue weighted by molar-refractivity contribution is 0.107. The van der Waals surface area contributed by atoms with Crippen LogP contribution in [-0.2, 0) is 11.3 Å². The van der Waals surface area contributed by atoms with Crippen LogP contribution < -0.4 is 10.1 Å². The van der Waals surface area contributed by atoms with E-state index in [0.29, 0.717) is 12.1 Å². The lowest BCUT2D eigenvalue weighted by atomic mass is 10.2. The van der Waals surface area contributed by atoms with Gasteiger partial charge in [0.25, 0.3) is 0 Å². The molecule has 1 aromatic rings. The monoisotopic (exact) mass is 235 g/mol. The third-order valence-corrected chi connectivity index (χ3v) is 3.45. The summed E-state index contributed by atoms with van der Waals surface area (Å²) in [5, 5.41) is 3.58. The first-order chi connectivity index (χ1) is 8.31. The van der Waals surface area contributed by atoms with E-state index in [1.54, 1.807) is 14.2 Å². The molecule has 0 heterocycles. The minimum Gasteiger partial charge on any atom is -0.497 e. The van der Waals surface area contributed by atoms with Crippen molar-refractivity contribution in [1.82, 2.24) is 5.32 Å². The molecule has 1 saturated carbocycles. The number of hydrogen-bond donors (Lipinski definition) is 1. The molecule has 0 spiro atoms. The number of benzene rings is 1. The fourth-order valence-corrected chi connectivity index (χ4v) is 2.38. The summed E-state index contributed by atoms with van der Waals surface area (Å²) in [4.78, 5) is 0. The molecular formula is C14H21NO2. The van der Waals surface area contributed by atoms with Gasteiger partial charge in [-0.2, -0.15) is 0 Å². The largest absolute Gasteiger partial charge is 0.497 e. The molecule has 0 aromatic heterocycles. The molecule has 17 heavy (non-hydrogen) atoms. The second-order valence-corrected chi connectivity index (χ2v) is 4.60. The summed E-state index contributed by atoms with van der Waals surface area (Å²) in [5.74, 6) is 0.922. The van der Waals surface area contributed by atoms with E-state index in [9.17, 15) is 0 Å². The number of rotatable bonds is 5. The van der Waals surface area contributed by atoms with Gasteiger partial charge >= 0.3 is 0 Å². The number of methoxy groups -OCH3 is 2. The van der Waals surface area contributed by atoms with Gasteiger partial charge in [-0.1, -0.05) is 12.1 Å². The highest BCUT2D eigenvalue weighted by atomic mass is 16.5. The number of hydrogen-bond acceptors (Lipinski definition) is 3. The molecule has 1 aromatic carbocycles. The van der Waals surface area contributed by atoms with E-state index in [2.05, 4.69) is 17.4 Å². The summed E-state index contributed by atoms with van der Waals surface area (Å²) in [5.41, 5.74) is 1.27. The average molecular weight is 235 g/mol. The lowest BCUT2D eigenvalue weighted by Gasteiger charge is -2.13. The Bertz CT molecular complexity index is 354. The highest BCUT2D eigenvalue weighted by Gasteiger charge is 2.23. The molecule has 1 aliphatic rings. The summed E-state index contributed by atoms with van der Waals surface area (Å²) >= 11 is 0. The second-order valence-electron chi connectivity index (χ2n) is 4.60. The highest BCUT2D eigenvalue weighted by Crippen LogP contribution is 2.22. The highest BCUT2D eigenvalue weighted by molar-refractivity contribution is 5.28. The second kappa shape index (κ2) is 6.03. The molecule has 1 N–H and O–H groups in total. The van der Waals surface area contributed by atoms with Crippen molar-refractivity contribution >= 4 is 0 Å². The minimum absolute atomic E-state index is 0.442. The lowest BCUT2D eigenvalue weighted by Crippen LogP contribution is -2.26. The summed E-state index contributed by atoms with van der Waals surface area (Å²) < 4.78 is 10.6. The van der Waals surface area contributed by atoms with Crippen LogP contribution in [0.1, 0.15) is 24.8 Å². The van der Waals surface area contributed by atoms with Crippen LogP contribution in [0.15, 0.2) is 24.3 Å². The molecule has 3 nitrogen and oxygen atoms in total. The van der Waals surface area contributed by atoms with Gasteiger partial charge in [0.2, 0.25) is 0 Å². The molecule has 0 bridgehead atoms. The standard InChI is InChI=1S/C14H21NO2/c1-16-13-5-3-4-11(8-13)10-15-12-6-7-14(9-12)17-2/h3-5,8,12,14-15H,6-7,9-10H2,1-2H3. The number of nitrogens with one attached hydrogen (secondary N) is 1. The van der Waals surface area contributed by atoms with E-state index in [-0.39, 0.29) is 0 Å². The van der Waals surface area contributed by atoms with E-state index in [4.69, 9.17) is 9.47 Å². The average Bonchev–Trinajstić information content (AvgIpc) is 2.84. The molecule has 1 aliphatic carbocycles. The molecule has 2 rings (SSSR count). The van der Waals surface area contributed by atoms with Crippen molar-refractivity contribution in [3.63, 3.8) is 0 Å². The van der Waals surface area contributed by atoms with Crippen molar-refractivity contribution < 1.29 is 9.47 Å². The van der Waals surface area contributed by atoms with Crippen molar-refractivity contribution in [3.05, 3.63) is 29.8 Å². The third-order valence-electron chi connectivity index (χ3n) is 3.45. The molecule has 0 amide bonds. The van der Waals surface area contributed by atoms with Gasteiger partial charge in [-0.15, -0.1) is 0 Å². The van der Waals surface area contributed by atoms with Crippen LogP contribution in [0.5, 0.6) is 5.75 Å². The van der Waals surface area contributed by atoms with Gasteiger partial charge in [0.15, 0.2) is 0 Å². The predicted molar refractivity (Wildman–Crippen MR) is 68.3 cm³/mol. The van der Waals surface area contributed by atoms with Crippen molar-refractivity contribution in [1.29, 1.82) is 0 Å². The molecule has 94 valence electrons. The summed E-state index contributed by atoms with van der Waals surface area (Å²) in [7, 11) is 3.50. The zero-order chi connectivity index (χ0) is 12.1. The van der Waals surface area contributed by atoms with Crippen LogP contribution in [0.3, 0.4) is 0 Å². The zero-order valence-electron chi connectivity index (χ0n) is 10.6. The quantitative estimate of drug-likeness (QED) is 0.850. The van der Waals surface area contributed by atoms with Crippen LogP contribution >= 0.6 is 0 Å². The SMILES string of the molecule is COc1cccc(CNC2CCC(OC)C2)c1. The maximum Gasteiger partial charge on any atom is 0.119 e. The van der Waals surface area contributed by atoms with E-state index >= 15 is 0 Å². The van der Waals surface area contributed by atoms with Gasteiger partial charge in [0.05, 0.1) is 13.2 Å². The number of ether oxygens (including phenoxy) is 2. The van der Waals surface area contributed by atoms with Gasteiger partial charge in [-0.25, -0.2) is 0 Å². The minimum atomic E-state index is 0.442. The van der Waals surface area contributed by atoms with Crippen LogP contribution in [0.4, 0.5) is 0 Å². The molecular weight excluding hydrogens is 214 g/mol. The van der Waals surface area contributed by atoms with Crippen LogP contribution in [0.25, 0.3) is 0 Å². The Balaban J connectivity index is 1.81. The van der Waals surface area contributed by atoms with Crippen LogP contribution in [0, 0.1) is 0 Å². The molecule has 0 saturated heterocycles. The Kier molecular flexibility index (Phi) is 4.40. The summed E-state index contributed by atoms with van der Waals surface area (Å²) in [6.45, 7) is 0.901. The van der Waals surface area contributed by atoms with Crippen molar-refractivity contribution in [2.75, 3.05) is 14.2 Å². The van der Waals surface area contributed by atoms with Gasteiger partial charge < -0.3 is 14.8 Å². The third kappa shape index (κ3) is 3.45. The summed E-state index contributed by atoms with van der Waals surface area (Å²) in [6.07, 6.45) is 3.95. The Labute approximate surface area is 103 Å². The molecule has 0 aliphatic heterocycles. The van der Waals surface area contributed by atoms with Crippen LogP contribution in [-0.4, -0.2) is 26.4 Å². The fourth-order valence-electron chi connectivity index (χ4n) is 2.38. The summed E-state index contributed by atoms with van der Waals surface area (Å²) in [6, 6.07) is 8.79. The Hall–Kier alpha value is -1.06. The molecule has 2 atom stereocenters.